The molecule has 0 radical (unpaired) electrons. The van der Waals surface area contributed by atoms with E-state index in [0.29, 0.717) is 12.0 Å². The number of methoxy groups -OCH3 is 1. The third kappa shape index (κ3) is 7.53. The summed E-state index contributed by atoms with van der Waals surface area (Å²) in [6, 6.07) is 3.66. The zero-order valence-electron chi connectivity index (χ0n) is 31.7. The highest BCUT2D eigenvalue weighted by molar-refractivity contribution is 5.91. The fourth-order valence-electron chi connectivity index (χ4n) is 7.88. The van der Waals surface area contributed by atoms with Gasteiger partial charge >= 0.3 is 24.5 Å². The summed E-state index contributed by atoms with van der Waals surface area (Å²) in [6.45, 7) is 4.16. The molecule has 3 aromatic heterocycles. The van der Waals surface area contributed by atoms with Crippen molar-refractivity contribution in [3.05, 3.63) is 82.5 Å². The molecule has 59 heavy (non-hydrogen) atoms. The summed E-state index contributed by atoms with van der Waals surface area (Å²) in [7, 11) is 1.13. The van der Waals surface area contributed by atoms with E-state index in [1.54, 1.807) is 24.0 Å². The third-order valence-corrected chi connectivity index (χ3v) is 11.7. The van der Waals surface area contributed by atoms with Gasteiger partial charge in [0.15, 0.2) is 5.82 Å². The molecule has 2 saturated carbocycles. The van der Waals surface area contributed by atoms with Gasteiger partial charge < -0.3 is 19.1 Å². The van der Waals surface area contributed by atoms with E-state index >= 15 is 0 Å². The molecule has 0 bridgehead atoms. The normalized spacial score (nSPS) is 20.7. The van der Waals surface area contributed by atoms with Crippen molar-refractivity contribution in [2.75, 3.05) is 33.3 Å². The molecule has 2 amide bonds. The second-order valence-corrected chi connectivity index (χ2v) is 15.7. The second-order valence-electron chi connectivity index (χ2n) is 15.7. The van der Waals surface area contributed by atoms with Crippen LogP contribution in [0, 0.1) is 17.8 Å². The van der Waals surface area contributed by atoms with E-state index in [-0.39, 0.29) is 81.4 Å². The van der Waals surface area contributed by atoms with Gasteiger partial charge in [0.25, 0.3) is 5.89 Å². The molecule has 2 atom stereocenters. The van der Waals surface area contributed by atoms with Gasteiger partial charge in [0.1, 0.15) is 16.9 Å². The van der Waals surface area contributed by atoms with E-state index in [2.05, 4.69) is 25.1 Å². The average Bonchev–Trinajstić information content (AvgIpc) is 3.90. The quantitative estimate of drug-likeness (QED) is 0.109. The largest absolute Gasteiger partial charge is 0.465 e. The zero-order valence-corrected chi connectivity index (χ0v) is 31.7. The first-order valence-corrected chi connectivity index (χ1v) is 18.4. The van der Waals surface area contributed by atoms with Crippen LogP contribution in [0.5, 0.6) is 0 Å². The lowest BCUT2D eigenvalue weighted by Gasteiger charge is -2.51. The van der Waals surface area contributed by atoms with Crippen LogP contribution in [0.3, 0.4) is 0 Å². The summed E-state index contributed by atoms with van der Waals surface area (Å²) in [5.41, 5.74) is -4.68. The predicted molar refractivity (Wildman–Crippen MR) is 183 cm³/mol. The molecule has 4 fully saturated rings. The van der Waals surface area contributed by atoms with Crippen LogP contribution in [0.4, 0.5) is 39.5 Å². The first kappa shape index (κ1) is 41.7. The summed E-state index contributed by atoms with van der Waals surface area (Å²) in [6.07, 6.45) is -8.60. The van der Waals surface area contributed by atoms with Gasteiger partial charge in [-0.05, 0) is 68.9 Å². The Bertz CT molecular complexity index is 2230. The molecule has 2 aliphatic heterocycles. The second kappa shape index (κ2) is 14.4. The highest BCUT2D eigenvalue weighted by atomic mass is 19.4. The number of halogens is 9. The van der Waals surface area contributed by atoms with Crippen molar-refractivity contribution < 1.29 is 63.2 Å². The minimum Gasteiger partial charge on any atom is -0.465 e. The van der Waals surface area contributed by atoms with Crippen LogP contribution in [-0.2, 0) is 32.5 Å². The third-order valence-electron chi connectivity index (χ3n) is 11.7. The topological polar surface area (TPSA) is 141 Å². The molecular formula is C37H37F9N8O5. The average molecular weight is 845 g/mol. The Morgan fingerprint density at radius 1 is 1.00 bits per heavy atom. The van der Waals surface area contributed by atoms with Gasteiger partial charge in [0, 0.05) is 44.0 Å². The molecule has 1 spiro atoms. The summed E-state index contributed by atoms with van der Waals surface area (Å²) < 4.78 is 132. The molecule has 13 nitrogen and oxygen atoms in total. The number of hydrogen-bond acceptors (Lipinski definition) is 9. The van der Waals surface area contributed by atoms with Crippen molar-refractivity contribution in [2.45, 2.75) is 82.0 Å². The SMILES string of the molecule is CC(c1nc(C2CN(C=O)CC23CN(C(=O)C2(C(F)(F)F)CC2)C3)no1)n1ccc(C2(C(F)(F)F)CC2)n1.COC(=O)c1cc(C(F)(F)F)ccc1Cn1cc(C)cn1. The fourth-order valence-corrected chi connectivity index (χ4v) is 7.88. The minimum atomic E-state index is -4.61. The Balaban J connectivity index is 0.000000213. The van der Waals surface area contributed by atoms with Crippen LogP contribution in [0.2, 0.25) is 0 Å². The summed E-state index contributed by atoms with van der Waals surface area (Å²) in [5, 5.41) is 12.2. The van der Waals surface area contributed by atoms with Crippen LogP contribution in [0.1, 0.15) is 89.0 Å². The van der Waals surface area contributed by atoms with E-state index in [0.717, 1.165) is 24.8 Å². The molecule has 22 heteroatoms. The van der Waals surface area contributed by atoms with Gasteiger partial charge in [0.05, 0.1) is 42.6 Å². The zero-order chi connectivity index (χ0) is 42.9. The molecule has 2 aliphatic carbocycles. The van der Waals surface area contributed by atoms with Crippen LogP contribution >= 0.6 is 0 Å². The van der Waals surface area contributed by atoms with Gasteiger partial charge in [-0.15, -0.1) is 0 Å². The number of aromatic nitrogens is 6. The summed E-state index contributed by atoms with van der Waals surface area (Å²) in [4.78, 5) is 43.0. The van der Waals surface area contributed by atoms with Crippen molar-refractivity contribution >= 4 is 18.3 Å². The number of nitrogens with zero attached hydrogens (tertiary/aromatic N) is 8. The minimum absolute atomic E-state index is 0.0206. The lowest BCUT2D eigenvalue weighted by molar-refractivity contribution is -0.204. The molecule has 4 aromatic rings. The monoisotopic (exact) mass is 844 g/mol. The molecule has 318 valence electrons. The molecule has 5 heterocycles. The first-order chi connectivity index (χ1) is 27.6. The number of likely N-dealkylation sites (tertiary alicyclic amines) is 2. The van der Waals surface area contributed by atoms with E-state index in [4.69, 9.17) is 4.52 Å². The number of carbonyl (C=O) groups is 3. The van der Waals surface area contributed by atoms with Gasteiger partial charge in [-0.25, -0.2) is 4.79 Å². The Hall–Kier alpha value is -5.44. The number of aryl methyl sites for hydroxylation is 1. The molecule has 2 unspecified atom stereocenters. The van der Waals surface area contributed by atoms with Crippen molar-refractivity contribution in [3.8, 4) is 0 Å². The Labute approximate surface area is 329 Å². The Kier molecular flexibility index (Phi) is 10.2. The van der Waals surface area contributed by atoms with E-state index < -0.39 is 64.2 Å². The maximum absolute atomic E-state index is 13.5. The number of alkyl halides is 9. The Morgan fingerprint density at radius 3 is 2.24 bits per heavy atom. The molecule has 4 aliphatic rings. The van der Waals surface area contributed by atoms with Crippen LogP contribution in [0.25, 0.3) is 0 Å². The standard InChI is InChI=1S/C23H24F6N6O3.C14H13F3N2O2/c1-13(35-7-2-15(31-35)20(3-4-20)22(24,25)26)17-30-16(32-38-17)14-8-33(12-36)9-19(14)10-34(11-19)18(37)21(5-6-21)23(27,28)29;1-9-6-18-19(7-9)8-10-3-4-11(14(15,16)17)5-12(10)13(20)21-2/h2,7,12-14H,3-6,8-11H2,1H3;3-7H,8H2,1-2H3. The lowest BCUT2D eigenvalue weighted by atomic mass is 9.70. The van der Waals surface area contributed by atoms with E-state index in [9.17, 15) is 53.9 Å². The first-order valence-electron chi connectivity index (χ1n) is 18.4. The maximum Gasteiger partial charge on any atom is 0.416 e. The highest BCUT2D eigenvalue weighted by Gasteiger charge is 2.71. The number of rotatable bonds is 9. The highest BCUT2D eigenvalue weighted by Crippen LogP contribution is 2.61. The van der Waals surface area contributed by atoms with Crippen LogP contribution in [-0.4, -0.2) is 103 Å². The number of ether oxygens (including phenoxy) is 1. The van der Waals surface area contributed by atoms with Crippen molar-refractivity contribution in [2.24, 2.45) is 10.8 Å². The van der Waals surface area contributed by atoms with Gasteiger partial charge in [-0.2, -0.15) is 54.7 Å². The predicted octanol–water partition coefficient (Wildman–Crippen LogP) is 6.24. The van der Waals surface area contributed by atoms with Crippen molar-refractivity contribution in [1.82, 2.24) is 39.5 Å². The van der Waals surface area contributed by atoms with E-state index in [1.165, 1.54) is 32.8 Å². The number of hydrogen-bond donors (Lipinski definition) is 0. The van der Waals surface area contributed by atoms with E-state index in [1.807, 2.05) is 6.92 Å². The number of carbonyl (C=O) groups excluding carboxylic acids is 3. The van der Waals surface area contributed by atoms with Crippen LogP contribution < -0.4 is 0 Å². The molecule has 2 saturated heterocycles. The maximum atomic E-state index is 13.5. The van der Waals surface area contributed by atoms with Crippen molar-refractivity contribution in [1.29, 1.82) is 0 Å². The Morgan fingerprint density at radius 2 is 1.69 bits per heavy atom. The number of esters is 1. The fraction of sp³-hybridized carbons (Fsp3) is 0.541. The summed E-state index contributed by atoms with van der Waals surface area (Å²) >= 11 is 0. The smallest absolute Gasteiger partial charge is 0.416 e. The van der Waals surface area contributed by atoms with Gasteiger partial charge in [-0.1, -0.05) is 11.2 Å². The lowest BCUT2D eigenvalue weighted by Crippen LogP contribution is -2.64. The van der Waals surface area contributed by atoms with Gasteiger partial charge in [-0.3, -0.25) is 19.0 Å². The van der Waals surface area contributed by atoms with Crippen molar-refractivity contribution in [3.63, 3.8) is 0 Å². The molecular weight excluding hydrogens is 807 g/mol. The van der Waals surface area contributed by atoms with Gasteiger partial charge in [0.2, 0.25) is 12.3 Å². The molecule has 1 aromatic carbocycles. The molecule has 0 N–H and O–H groups in total. The molecule has 8 rings (SSSR count). The van der Waals surface area contributed by atoms with Crippen LogP contribution in [0.15, 0.2) is 47.4 Å². The number of amides is 2. The summed E-state index contributed by atoms with van der Waals surface area (Å²) in [5.74, 6) is -1.92. The number of benzene rings is 1.